The number of likely N-dealkylation sites (N-methyl/N-ethyl adjacent to an activating group) is 1. The van der Waals surface area contributed by atoms with Crippen molar-refractivity contribution in [1.82, 2.24) is 9.80 Å². The maximum absolute atomic E-state index is 14.1. The summed E-state index contributed by atoms with van der Waals surface area (Å²) in [4.78, 5) is 42.2. The number of urea groups is 1. The Hall–Kier alpha value is -3.91. The Bertz CT molecular complexity index is 1340. The Morgan fingerprint density at radius 3 is 2.43 bits per heavy atom. The van der Waals surface area contributed by atoms with Crippen LogP contribution in [0.1, 0.15) is 63.2 Å². The molecule has 0 spiro atoms. The summed E-state index contributed by atoms with van der Waals surface area (Å²) in [6, 6.07) is 8.61. The molecule has 0 bridgehead atoms. The molecule has 260 valence electrons. The number of anilines is 2. The zero-order valence-corrected chi connectivity index (χ0v) is 27.1. The van der Waals surface area contributed by atoms with E-state index in [1.54, 1.807) is 14.0 Å². The molecular formula is C33H44F4N4O6. The van der Waals surface area contributed by atoms with Gasteiger partial charge in [-0.2, -0.15) is 13.2 Å². The molecule has 2 aromatic carbocycles. The fourth-order valence-electron chi connectivity index (χ4n) is 5.05. The Morgan fingerprint density at radius 1 is 1.09 bits per heavy atom. The predicted octanol–water partition coefficient (Wildman–Crippen LogP) is 6.07. The van der Waals surface area contributed by atoms with Crippen LogP contribution in [0.2, 0.25) is 0 Å². The van der Waals surface area contributed by atoms with Crippen molar-refractivity contribution in [2.45, 2.75) is 77.3 Å². The molecule has 1 heterocycles. The number of alkyl halides is 3. The highest BCUT2D eigenvalue weighted by molar-refractivity contribution is 5.99. The summed E-state index contributed by atoms with van der Waals surface area (Å²) in [5.41, 5.74) is 0.618. The highest BCUT2D eigenvalue weighted by Gasteiger charge is 2.31. The van der Waals surface area contributed by atoms with Crippen molar-refractivity contribution in [1.29, 1.82) is 0 Å². The monoisotopic (exact) mass is 668 g/mol. The van der Waals surface area contributed by atoms with E-state index < -0.39 is 54.8 Å². The average Bonchev–Trinajstić information content (AvgIpc) is 3.02. The highest BCUT2D eigenvalue weighted by atomic mass is 19.4. The van der Waals surface area contributed by atoms with Gasteiger partial charge in [-0.05, 0) is 75.6 Å². The van der Waals surface area contributed by atoms with Crippen LogP contribution in [-0.2, 0) is 9.53 Å². The van der Waals surface area contributed by atoms with Crippen molar-refractivity contribution in [3.05, 3.63) is 53.8 Å². The highest BCUT2D eigenvalue weighted by Crippen LogP contribution is 2.29. The zero-order valence-electron chi connectivity index (χ0n) is 27.1. The molecule has 0 saturated carbocycles. The lowest BCUT2D eigenvalue weighted by atomic mass is 10.0. The molecule has 14 heteroatoms. The summed E-state index contributed by atoms with van der Waals surface area (Å²) in [7, 11) is 1.60. The van der Waals surface area contributed by atoms with E-state index in [9.17, 15) is 37.1 Å². The fraction of sp³-hybridized carbons (Fsp3) is 0.545. The number of rotatable bonds is 8. The molecule has 1 aliphatic rings. The molecule has 3 N–H and O–H groups in total. The number of halogens is 4. The van der Waals surface area contributed by atoms with Gasteiger partial charge in [0.2, 0.25) is 5.91 Å². The number of hydrogen-bond donors (Lipinski definition) is 3. The largest absolute Gasteiger partial charge is 0.490 e. The number of benzene rings is 2. The molecule has 0 unspecified atom stereocenters. The van der Waals surface area contributed by atoms with Crippen LogP contribution in [0.3, 0.4) is 0 Å². The second-order valence-corrected chi connectivity index (χ2v) is 12.0. The van der Waals surface area contributed by atoms with Crippen molar-refractivity contribution >= 4 is 29.2 Å². The third-order valence-electron chi connectivity index (χ3n) is 7.87. The lowest BCUT2D eigenvalue weighted by Gasteiger charge is -2.35. The van der Waals surface area contributed by atoms with Crippen LogP contribution in [-0.4, -0.2) is 90.5 Å². The number of nitrogens with zero attached hydrogens (tertiary/aromatic N) is 2. The third-order valence-corrected chi connectivity index (χ3v) is 7.87. The van der Waals surface area contributed by atoms with E-state index in [2.05, 4.69) is 10.6 Å². The quantitative estimate of drug-likeness (QED) is 0.294. The summed E-state index contributed by atoms with van der Waals surface area (Å²) in [5.74, 6) is -1.91. The van der Waals surface area contributed by atoms with Crippen molar-refractivity contribution in [3.8, 4) is 5.75 Å². The first kappa shape index (κ1) is 37.5. The summed E-state index contributed by atoms with van der Waals surface area (Å²) >= 11 is 0. The van der Waals surface area contributed by atoms with Crippen molar-refractivity contribution in [3.63, 3.8) is 0 Å². The van der Waals surface area contributed by atoms with Gasteiger partial charge in [-0.25, -0.2) is 9.18 Å². The molecule has 4 atom stereocenters. The number of hydrogen-bond acceptors (Lipinski definition) is 6. The molecule has 1 aliphatic heterocycles. The molecule has 0 fully saturated rings. The van der Waals surface area contributed by atoms with Crippen LogP contribution >= 0.6 is 0 Å². The number of amides is 4. The molecule has 47 heavy (non-hydrogen) atoms. The molecule has 0 aromatic heterocycles. The molecule has 2 aromatic rings. The van der Waals surface area contributed by atoms with E-state index in [1.807, 2.05) is 13.8 Å². The summed E-state index contributed by atoms with van der Waals surface area (Å²) < 4.78 is 63.6. The maximum atomic E-state index is 14.1. The first-order valence-electron chi connectivity index (χ1n) is 15.6. The Balaban J connectivity index is 1.87. The normalized spacial score (nSPS) is 20.3. The van der Waals surface area contributed by atoms with Crippen LogP contribution < -0.4 is 15.4 Å². The molecule has 3 rings (SSSR count). The Kier molecular flexibility index (Phi) is 13.8. The van der Waals surface area contributed by atoms with Crippen molar-refractivity contribution < 1.29 is 46.5 Å². The minimum absolute atomic E-state index is 0.0725. The Morgan fingerprint density at radius 2 is 1.77 bits per heavy atom. The minimum Gasteiger partial charge on any atom is -0.490 e. The van der Waals surface area contributed by atoms with E-state index in [4.69, 9.17) is 9.47 Å². The van der Waals surface area contributed by atoms with Gasteiger partial charge in [0.1, 0.15) is 11.6 Å². The minimum atomic E-state index is -4.49. The van der Waals surface area contributed by atoms with Crippen molar-refractivity contribution in [2.24, 2.45) is 5.92 Å². The molecule has 0 aliphatic carbocycles. The van der Waals surface area contributed by atoms with E-state index in [-0.39, 0.29) is 48.7 Å². The van der Waals surface area contributed by atoms with Crippen LogP contribution in [0, 0.1) is 11.7 Å². The van der Waals surface area contributed by atoms with Gasteiger partial charge in [0, 0.05) is 50.5 Å². The second kappa shape index (κ2) is 17.3. The summed E-state index contributed by atoms with van der Waals surface area (Å²) in [6.45, 7) is 5.67. The molecule has 0 saturated heterocycles. The van der Waals surface area contributed by atoms with Gasteiger partial charge in [-0.3, -0.25) is 9.59 Å². The Labute approximate surface area is 272 Å². The molecular weight excluding hydrogens is 624 g/mol. The average molecular weight is 669 g/mol. The molecule has 10 nitrogen and oxygen atoms in total. The third kappa shape index (κ3) is 12.0. The second-order valence-electron chi connectivity index (χ2n) is 12.0. The van der Waals surface area contributed by atoms with Gasteiger partial charge in [-0.1, -0.05) is 6.92 Å². The van der Waals surface area contributed by atoms with Crippen molar-refractivity contribution in [2.75, 3.05) is 44.0 Å². The number of aliphatic hydroxyl groups is 1. The first-order valence-corrected chi connectivity index (χ1v) is 15.6. The number of carbonyl (C=O) groups excluding carboxylic acids is 3. The van der Waals surface area contributed by atoms with Gasteiger partial charge in [0.25, 0.3) is 5.91 Å². The molecule has 4 amide bonds. The van der Waals surface area contributed by atoms with Gasteiger partial charge in [-0.15, -0.1) is 0 Å². The lowest BCUT2D eigenvalue weighted by Crippen LogP contribution is -2.48. The van der Waals surface area contributed by atoms with Gasteiger partial charge in [0.05, 0.1) is 36.8 Å². The lowest BCUT2D eigenvalue weighted by molar-refractivity contribution is -0.142. The standard InChI is InChI=1S/C33H44F4N4O6/c1-21-18-41(22(2)20-42)31(44)27-17-26(38-30(43)14-15-33(35,36)37)12-13-28(27)47-23(3)7-5-6-16-46-29(21)19-40(4)32(45)39-25-10-8-24(34)9-11-25/h8-13,17,21-23,29,42H,5-7,14-16,18-20H2,1-4H3,(H,38,43)(H,39,45)/t21-,22+,23-,29-/m0/s1. The van der Waals surface area contributed by atoms with E-state index >= 15 is 0 Å². The zero-order chi connectivity index (χ0) is 34.7. The van der Waals surface area contributed by atoms with E-state index in [1.165, 1.54) is 52.3 Å². The number of fused-ring (bicyclic) bond motifs is 1. The summed E-state index contributed by atoms with van der Waals surface area (Å²) in [6.07, 6.45) is -5.30. The number of ether oxygens (including phenoxy) is 2. The number of aliphatic hydroxyl groups excluding tert-OH is 1. The predicted molar refractivity (Wildman–Crippen MR) is 169 cm³/mol. The van der Waals surface area contributed by atoms with Crippen LogP contribution in [0.4, 0.5) is 33.7 Å². The number of nitrogens with one attached hydrogen (secondary N) is 2. The van der Waals surface area contributed by atoms with Gasteiger partial charge < -0.3 is 35.0 Å². The van der Waals surface area contributed by atoms with E-state index in [0.717, 1.165) is 6.42 Å². The first-order chi connectivity index (χ1) is 22.2. The van der Waals surface area contributed by atoms with Crippen LogP contribution in [0.25, 0.3) is 0 Å². The molecule has 0 radical (unpaired) electrons. The van der Waals surface area contributed by atoms with Gasteiger partial charge >= 0.3 is 12.2 Å². The fourth-order valence-corrected chi connectivity index (χ4v) is 5.05. The topological polar surface area (TPSA) is 120 Å². The summed E-state index contributed by atoms with van der Waals surface area (Å²) in [5, 5.41) is 15.2. The van der Waals surface area contributed by atoms with Crippen LogP contribution in [0.15, 0.2) is 42.5 Å². The smallest absolute Gasteiger partial charge is 0.389 e. The van der Waals surface area contributed by atoms with E-state index in [0.29, 0.717) is 25.1 Å². The maximum Gasteiger partial charge on any atom is 0.389 e. The van der Waals surface area contributed by atoms with Crippen LogP contribution in [0.5, 0.6) is 5.75 Å². The SMILES string of the molecule is C[C@H](CO)N1C[C@H](C)[C@H](CN(C)C(=O)Nc2ccc(F)cc2)OCCCC[C@H](C)Oc2ccc(NC(=O)CCC(F)(F)F)cc2C1=O. The van der Waals surface area contributed by atoms with Gasteiger partial charge in [0.15, 0.2) is 0 Å². The number of carbonyl (C=O) groups is 3.